The molecule has 3 aliphatic rings. The second kappa shape index (κ2) is 5.73. The number of fused-ring (bicyclic) bond motifs is 1. The van der Waals surface area contributed by atoms with Gasteiger partial charge in [-0.2, -0.15) is 5.10 Å². The third kappa shape index (κ3) is 3.32. The normalized spacial score (nSPS) is 26.0. The van der Waals surface area contributed by atoms with E-state index in [1.165, 1.54) is 43.5 Å². The van der Waals surface area contributed by atoms with Crippen LogP contribution in [0.2, 0.25) is 0 Å². The zero-order valence-corrected chi connectivity index (χ0v) is 13.1. The second-order valence-electron chi connectivity index (χ2n) is 7.20. The van der Waals surface area contributed by atoms with E-state index in [4.69, 9.17) is 9.84 Å². The summed E-state index contributed by atoms with van der Waals surface area (Å²) < 4.78 is 8.10. The van der Waals surface area contributed by atoms with Crippen LogP contribution in [-0.4, -0.2) is 41.0 Å². The minimum absolute atomic E-state index is 0.520. The number of hydrogen-bond acceptors (Lipinski definition) is 3. The van der Waals surface area contributed by atoms with Crippen LogP contribution in [0.25, 0.3) is 0 Å². The molecule has 2 fully saturated rings. The van der Waals surface area contributed by atoms with Crippen molar-refractivity contribution in [2.24, 2.45) is 11.8 Å². The Morgan fingerprint density at radius 2 is 2.00 bits per heavy atom. The summed E-state index contributed by atoms with van der Waals surface area (Å²) in [5.41, 5.74) is 2.74. The maximum absolute atomic E-state index is 6.00. The molecule has 0 bridgehead atoms. The van der Waals surface area contributed by atoms with E-state index in [-0.39, 0.29) is 0 Å². The monoisotopic (exact) mass is 289 g/mol. The molecule has 1 atom stereocenters. The number of aromatic nitrogens is 2. The van der Waals surface area contributed by atoms with E-state index in [9.17, 15) is 0 Å². The summed E-state index contributed by atoms with van der Waals surface area (Å²) >= 11 is 0. The summed E-state index contributed by atoms with van der Waals surface area (Å²) in [6.45, 7) is 8.43. The highest BCUT2D eigenvalue weighted by Crippen LogP contribution is 2.34. The van der Waals surface area contributed by atoms with E-state index in [1.807, 2.05) is 0 Å². The van der Waals surface area contributed by atoms with E-state index in [2.05, 4.69) is 22.7 Å². The lowest BCUT2D eigenvalue weighted by Gasteiger charge is -2.32. The van der Waals surface area contributed by atoms with Crippen LogP contribution in [0, 0.1) is 11.8 Å². The molecular weight excluding hydrogens is 262 g/mol. The van der Waals surface area contributed by atoms with E-state index in [0.29, 0.717) is 5.92 Å². The van der Waals surface area contributed by atoms with Gasteiger partial charge in [-0.3, -0.25) is 9.58 Å². The minimum Gasteiger partial charge on any atom is -0.380 e. The molecule has 2 saturated carbocycles. The quantitative estimate of drug-likeness (QED) is 0.773. The summed E-state index contributed by atoms with van der Waals surface area (Å²) in [5.74, 6) is 2.33. The fourth-order valence-corrected chi connectivity index (χ4v) is 3.40. The number of hydrogen-bond donors (Lipinski definition) is 0. The number of nitrogens with zero attached hydrogens (tertiary/aromatic N) is 3. The molecule has 0 radical (unpaired) electrons. The Labute approximate surface area is 127 Å². The summed E-state index contributed by atoms with van der Waals surface area (Å²) in [6.07, 6.45) is 7.86. The van der Waals surface area contributed by atoms with E-state index < -0.39 is 0 Å². The smallest absolute Gasteiger partial charge is 0.0800 e. The average molecular weight is 289 g/mol. The van der Waals surface area contributed by atoms with Gasteiger partial charge in [0.05, 0.1) is 12.3 Å². The standard InChI is InChI=1S/C17H27N3O/c1-2-20-9-16-15(12-21-11-14-5-6-14)8-19(7-13-3-4-13)10-17(16)18-20/h9,13-15H,2-8,10-12H2,1H3/t15-/m0/s1. The molecule has 0 unspecified atom stereocenters. The van der Waals surface area contributed by atoms with Gasteiger partial charge < -0.3 is 4.74 Å². The van der Waals surface area contributed by atoms with Crippen LogP contribution in [0.5, 0.6) is 0 Å². The van der Waals surface area contributed by atoms with Crippen molar-refractivity contribution in [3.8, 4) is 0 Å². The lowest BCUT2D eigenvalue weighted by Crippen LogP contribution is -2.36. The summed E-state index contributed by atoms with van der Waals surface area (Å²) in [4.78, 5) is 2.61. The van der Waals surface area contributed by atoms with Gasteiger partial charge in [0.1, 0.15) is 0 Å². The highest BCUT2D eigenvalue weighted by molar-refractivity contribution is 5.25. The predicted octanol–water partition coefficient (Wildman–Crippen LogP) is 2.64. The van der Waals surface area contributed by atoms with Crippen molar-refractivity contribution in [3.05, 3.63) is 17.5 Å². The van der Waals surface area contributed by atoms with Gasteiger partial charge in [-0.05, 0) is 44.4 Å². The zero-order valence-electron chi connectivity index (χ0n) is 13.1. The molecule has 4 nitrogen and oxygen atoms in total. The van der Waals surface area contributed by atoms with E-state index in [1.54, 1.807) is 0 Å². The molecule has 116 valence electrons. The SMILES string of the molecule is CCn1cc2c(n1)CN(CC1CC1)C[C@H]2COCC1CC1. The van der Waals surface area contributed by atoms with E-state index in [0.717, 1.165) is 44.7 Å². The molecule has 0 saturated heterocycles. The molecule has 21 heavy (non-hydrogen) atoms. The van der Waals surface area contributed by atoms with Crippen LogP contribution in [0.1, 0.15) is 49.8 Å². The summed E-state index contributed by atoms with van der Waals surface area (Å²) in [6, 6.07) is 0. The van der Waals surface area contributed by atoms with Gasteiger partial charge in [0.25, 0.3) is 0 Å². The van der Waals surface area contributed by atoms with Gasteiger partial charge in [-0.1, -0.05) is 0 Å². The molecule has 0 amide bonds. The molecule has 1 aromatic heterocycles. The highest BCUT2D eigenvalue weighted by atomic mass is 16.5. The average Bonchev–Trinajstić information content (AvgIpc) is 3.39. The van der Waals surface area contributed by atoms with Crippen molar-refractivity contribution in [1.29, 1.82) is 0 Å². The first-order valence-corrected chi connectivity index (χ1v) is 8.68. The van der Waals surface area contributed by atoms with Gasteiger partial charge in [-0.15, -0.1) is 0 Å². The Balaban J connectivity index is 1.44. The summed E-state index contributed by atoms with van der Waals surface area (Å²) in [7, 11) is 0. The van der Waals surface area contributed by atoms with Crippen molar-refractivity contribution >= 4 is 0 Å². The molecule has 0 spiro atoms. The van der Waals surface area contributed by atoms with Gasteiger partial charge >= 0.3 is 0 Å². The fourth-order valence-electron chi connectivity index (χ4n) is 3.40. The Kier molecular flexibility index (Phi) is 3.76. The first-order valence-electron chi connectivity index (χ1n) is 8.68. The number of aryl methyl sites for hydroxylation is 1. The Morgan fingerprint density at radius 3 is 2.71 bits per heavy atom. The Hall–Kier alpha value is -0.870. The molecule has 4 heteroatoms. The number of rotatable bonds is 7. The Morgan fingerprint density at radius 1 is 1.19 bits per heavy atom. The number of ether oxygens (including phenoxy) is 1. The van der Waals surface area contributed by atoms with Crippen molar-refractivity contribution in [2.75, 3.05) is 26.3 Å². The molecule has 0 aromatic carbocycles. The first-order chi connectivity index (χ1) is 10.3. The second-order valence-corrected chi connectivity index (χ2v) is 7.20. The molecular formula is C17H27N3O. The topological polar surface area (TPSA) is 30.3 Å². The Bertz CT molecular complexity index is 490. The highest BCUT2D eigenvalue weighted by Gasteiger charge is 2.32. The van der Waals surface area contributed by atoms with Crippen LogP contribution < -0.4 is 0 Å². The molecule has 1 aromatic rings. The predicted molar refractivity (Wildman–Crippen MR) is 82.2 cm³/mol. The van der Waals surface area contributed by atoms with Crippen LogP contribution in [0.4, 0.5) is 0 Å². The zero-order chi connectivity index (χ0) is 14.2. The fraction of sp³-hybridized carbons (Fsp3) is 0.824. The molecule has 1 aliphatic heterocycles. The van der Waals surface area contributed by atoms with Gasteiger partial charge in [0, 0.05) is 50.5 Å². The summed E-state index contributed by atoms with van der Waals surface area (Å²) in [5, 5.41) is 4.77. The third-order valence-electron chi connectivity index (χ3n) is 5.07. The van der Waals surface area contributed by atoms with Crippen molar-refractivity contribution in [2.45, 2.75) is 51.6 Å². The first kappa shape index (κ1) is 13.8. The molecule has 2 aliphatic carbocycles. The largest absolute Gasteiger partial charge is 0.380 e. The van der Waals surface area contributed by atoms with Gasteiger partial charge in [0.2, 0.25) is 0 Å². The maximum atomic E-state index is 6.00. The van der Waals surface area contributed by atoms with E-state index >= 15 is 0 Å². The lowest BCUT2D eigenvalue weighted by molar-refractivity contribution is 0.0896. The van der Waals surface area contributed by atoms with Gasteiger partial charge in [0.15, 0.2) is 0 Å². The van der Waals surface area contributed by atoms with Crippen molar-refractivity contribution in [1.82, 2.24) is 14.7 Å². The minimum atomic E-state index is 0.520. The molecule has 0 N–H and O–H groups in total. The van der Waals surface area contributed by atoms with Crippen LogP contribution >= 0.6 is 0 Å². The van der Waals surface area contributed by atoms with Crippen LogP contribution in [0.15, 0.2) is 6.20 Å². The molecule has 2 heterocycles. The molecule has 4 rings (SSSR count). The van der Waals surface area contributed by atoms with Crippen LogP contribution in [-0.2, 0) is 17.8 Å². The lowest BCUT2D eigenvalue weighted by atomic mass is 9.95. The van der Waals surface area contributed by atoms with Crippen molar-refractivity contribution < 1.29 is 4.74 Å². The van der Waals surface area contributed by atoms with Gasteiger partial charge in [-0.25, -0.2) is 0 Å². The van der Waals surface area contributed by atoms with Crippen molar-refractivity contribution in [3.63, 3.8) is 0 Å². The third-order valence-corrected chi connectivity index (χ3v) is 5.07. The maximum Gasteiger partial charge on any atom is 0.0800 e. The van der Waals surface area contributed by atoms with Crippen LogP contribution in [0.3, 0.4) is 0 Å².